The quantitative estimate of drug-likeness (QED) is 0.745. The fourth-order valence-corrected chi connectivity index (χ4v) is 5.78. The van der Waals surface area contributed by atoms with E-state index >= 15 is 0 Å². The van der Waals surface area contributed by atoms with E-state index in [1.807, 2.05) is 0 Å². The van der Waals surface area contributed by atoms with Crippen molar-refractivity contribution in [3.8, 4) is 0 Å². The molecule has 1 fully saturated rings. The molecule has 3 aliphatic heterocycles. The summed E-state index contributed by atoms with van der Waals surface area (Å²) < 4.78 is 5.31. The highest BCUT2D eigenvalue weighted by Gasteiger charge is 2.40. The Morgan fingerprint density at radius 2 is 2.07 bits per heavy atom. The van der Waals surface area contributed by atoms with Gasteiger partial charge in [0.2, 0.25) is 5.91 Å². The van der Waals surface area contributed by atoms with Gasteiger partial charge in [-0.15, -0.1) is 0 Å². The summed E-state index contributed by atoms with van der Waals surface area (Å²) >= 11 is 2.89. The first-order chi connectivity index (χ1) is 13.2. The van der Waals surface area contributed by atoms with Gasteiger partial charge in [0.25, 0.3) is 5.91 Å². The van der Waals surface area contributed by atoms with Crippen molar-refractivity contribution in [1.29, 1.82) is 0 Å². The van der Waals surface area contributed by atoms with Crippen molar-refractivity contribution in [3.63, 3.8) is 0 Å². The highest BCUT2D eigenvalue weighted by Crippen LogP contribution is 2.47. The smallest absolute Gasteiger partial charge is 0.262 e. The largest absolute Gasteiger partial charge is 0.379 e. The first-order valence-electron chi connectivity index (χ1n) is 9.51. The number of thioether (sulfide) groups is 2. The Morgan fingerprint density at radius 1 is 1.26 bits per heavy atom. The number of allylic oxidation sites excluding steroid dienone is 1. The molecule has 146 valence electrons. The number of amides is 2. The molecule has 0 spiro atoms. The summed E-state index contributed by atoms with van der Waals surface area (Å²) in [6.45, 7) is 4.80. The van der Waals surface area contributed by atoms with Crippen molar-refractivity contribution in [2.45, 2.75) is 25.7 Å². The van der Waals surface area contributed by atoms with Crippen LogP contribution in [0.2, 0.25) is 0 Å². The number of carbonyl (C=O) groups excluding carboxylic acids is 2. The van der Waals surface area contributed by atoms with Crippen LogP contribution in [0.15, 0.2) is 20.5 Å². The number of hydrogen-bond donors (Lipinski definition) is 1. The van der Waals surface area contributed by atoms with Gasteiger partial charge in [-0.2, -0.15) is 4.99 Å². The van der Waals surface area contributed by atoms with Crippen molar-refractivity contribution < 1.29 is 14.3 Å². The monoisotopic (exact) mass is 408 g/mol. The second-order valence-electron chi connectivity index (χ2n) is 6.97. The Morgan fingerprint density at radius 3 is 2.93 bits per heavy atom. The Balaban J connectivity index is 1.23. The third-order valence-electron chi connectivity index (χ3n) is 5.13. The Hall–Kier alpha value is -1.16. The molecule has 27 heavy (non-hydrogen) atoms. The molecule has 4 aliphatic rings. The topological polar surface area (TPSA) is 83.4 Å². The molecule has 0 aromatic carbocycles. The minimum Gasteiger partial charge on any atom is -0.379 e. The summed E-state index contributed by atoms with van der Waals surface area (Å²) in [5, 5.41) is 4.20. The molecule has 9 heteroatoms. The molecule has 1 unspecified atom stereocenters. The maximum absolute atomic E-state index is 12.5. The number of hydrogen-bond acceptors (Lipinski definition) is 7. The van der Waals surface area contributed by atoms with E-state index in [9.17, 15) is 9.59 Å². The predicted octanol–water partition coefficient (Wildman–Crippen LogP) is 1.65. The minimum absolute atomic E-state index is 0.0535. The number of nitrogens with one attached hydrogen (secondary N) is 1. The molecular formula is C18H24N4O3S2. The van der Waals surface area contributed by atoms with Crippen molar-refractivity contribution in [2.24, 2.45) is 15.9 Å². The number of rotatable bonds is 5. The lowest BCUT2D eigenvalue weighted by atomic mass is 9.89. The molecule has 1 N–H and O–H groups in total. The number of ether oxygens (including phenoxy) is 1. The van der Waals surface area contributed by atoms with E-state index in [0.29, 0.717) is 11.7 Å². The summed E-state index contributed by atoms with van der Waals surface area (Å²) in [4.78, 5) is 36.9. The molecule has 1 aliphatic carbocycles. The van der Waals surface area contributed by atoms with Gasteiger partial charge < -0.3 is 10.1 Å². The summed E-state index contributed by atoms with van der Waals surface area (Å²) in [7, 11) is 0. The number of morpholine rings is 1. The minimum atomic E-state index is -0.239. The van der Waals surface area contributed by atoms with E-state index in [4.69, 9.17) is 4.74 Å². The molecule has 4 rings (SSSR count). The van der Waals surface area contributed by atoms with Crippen molar-refractivity contribution in [1.82, 2.24) is 10.2 Å². The zero-order chi connectivity index (χ0) is 18.6. The van der Waals surface area contributed by atoms with Crippen molar-refractivity contribution >= 4 is 45.5 Å². The summed E-state index contributed by atoms with van der Waals surface area (Å²) in [5.41, 5.74) is 1.24. The van der Waals surface area contributed by atoms with Gasteiger partial charge in [0, 0.05) is 26.2 Å². The van der Waals surface area contributed by atoms with Crippen molar-refractivity contribution in [3.05, 3.63) is 10.5 Å². The second-order valence-corrected chi connectivity index (χ2v) is 9.02. The second kappa shape index (κ2) is 8.89. The molecule has 0 saturated carbocycles. The third kappa shape index (κ3) is 4.64. The van der Waals surface area contributed by atoms with Crippen LogP contribution in [0.5, 0.6) is 0 Å². The SMILES string of the molecule is O=C(CSC1=NC(=O)C2C(=N1)SC1=C2CCCC1)NCCN1CCOCC1. The number of carbonyl (C=O) groups is 2. The zero-order valence-electron chi connectivity index (χ0n) is 15.2. The molecule has 0 aromatic heterocycles. The van der Waals surface area contributed by atoms with Crippen LogP contribution in [-0.2, 0) is 14.3 Å². The van der Waals surface area contributed by atoms with Gasteiger partial charge in [-0.3, -0.25) is 14.5 Å². The number of nitrogens with zero attached hydrogens (tertiary/aromatic N) is 3. The molecule has 0 bridgehead atoms. The van der Waals surface area contributed by atoms with Gasteiger partial charge in [0.05, 0.1) is 24.0 Å². The zero-order valence-corrected chi connectivity index (χ0v) is 16.9. The maximum Gasteiger partial charge on any atom is 0.262 e. The molecule has 1 saturated heterocycles. The van der Waals surface area contributed by atoms with Crippen LogP contribution < -0.4 is 5.32 Å². The summed E-state index contributed by atoms with van der Waals surface area (Å²) in [6.07, 6.45) is 4.37. The molecular weight excluding hydrogens is 384 g/mol. The number of amidine groups is 1. The fourth-order valence-electron chi connectivity index (χ4n) is 3.70. The molecule has 3 heterocycles. The van der Waals surface area contributed by atoms with Gasteiger partial charge >= 0.3 is 0 Å². The lowest BCUT2D eigenvalue weighted by Crippen LogP contribution is -2.41. The standard InChI is InChI=1S/C18H24N4O3S2/c23-14(19-5-6-22-7-9-25-10-8-22)11-26-18-20-16(24)15-12-3-1-2-4-13(12)27-17(15)21-18/h15H,1-11H2,(H,19,23). The lowest BCUT2D eigenvalue weighted by molar-refractivity contribution is -0.119. The van der Waals surface area contributed by atoms with Crippen LogP contribution in [0.25, 0.3) is 0 Å². The molecule has 0 aromatic rings. The van der Waals surface area contributed by atoms with Crippen LogP contribution >= 0.6 is 23.5 Å². The third-order valence-corrected chi connectivity index (χ3v) is 7.22. The van der Waals surface area contributed by atoms with Crippen LogP contribution in [-0.4, -0.2) is 72.1 Å². The molecule has 7 nitrogen and oxygen atoms in total. The molecule has 1 atom stereocenters. The highest BCUT2D eigenvalue weighted by molar-refractivity contribution is 8.18. The Labute approximate surface area is 167 Å². The average Bonchev–Trinajstić information content (AvgIpc) is 3.06. The Bertz CT molecular complexity index is 713. The van der Waals surface area contributed by atoms with E-state index in [1.54, 1.807) is 11.8 Å². The molecule has 2 amide bonds. The van der Waals surface area contributed by atoms with Crippen molar-refractivity contribution in [2.75, 3.05) is 45.1 Å². The average molecular weight is 409 g/mol. The van der Waals surface area contributed by atoms with E-state index < -0.39 is 0 Å². The normalized spacial score (nSPS) is 25.6. The van der Waals surface area contributed by atoms with E-state index in [2.05, 4.69) is 20.2 Å². The predicted molar refractivity (Wildman–Crippen MR) is 109 cm³/mol. The van der Waals surface area contributed by atoms with E-state index in [0.717, 1.165) is 57.2 Å². The summed E-state index contributed by atoms with van der Waals surface area (Å²) in [5.74, 6) is -0.178. The maximum atomic E-state index is 12.5. The lowest BCUT2D eigenvalue weighted by Gasteiger charge is -2.26. The fraction of sp³-hybridized carbons (Fsp3) is 0.667. The Kier molecular flexibility index (Phi) is 6.31. The molecule has 0 radical (unpaired) electrons. The highest BCUT2D eigenvalue weighted by atomic mass is 32.2. The van der Waals surface area contributed by atoms with Gasteiger partial charge in [-0.1, -0.05) is 23.5 Å². The van der Waals surface area contributed by atoms with E-state index in [-0.39, 0.29) is 23.5 Å². The van der Waals surface area contributed by atoms with Gasteiger partial charge in [-0.05, 0) is 36.2 Å². The van der Waals surface area contributed by atoms with Gasteiger partial charge in [-0.25, -0.2) is 4.99 Å². The van der Waals surface area contributed by atoms with Gasteiger partial charge in [0.1, 0.15) is 5.92 Å². The first-order valence-corrected chi connectivity index (χ1v) is 11.3. The first kappa shape index (κ1) is 19.2. The number of aliphatic imine (C=N–C) groups is 2. The van der Waals surface area contributed by atoms with Gasteiger partial charge in [0.15, 0.2) is 5.17 Å². The van der Waals surface area contributed by atoms with Crippen LogP contribution in [0, 0.1) is 5.92 Å². The van der Waals surface area contributed by atoms with Crippen LogP contribution in [0.4, 0.5) is 0 Å². The van der Waals surface area contributed by atoms with E-state index in [1.165, 1.54) is 28.7 Å². The van der Waals surface area contributed by atoms with Crippen LogP contribution in [0.1, 0.15) is 25.7 Å². The number of fused-ring (bicyclic) bond motifs is 2. The summed E-state index contributed by atoms with van der Waals surface area (Å²) in [6, 6.07) is 0. The van der Waals surface area contributed by atoms with Crippen LogP contribution in [0.3, 0.4) is 0 Å².